The summed E-state index contributed by atoms with van der Waals surface area (Å²) in [4.78, 5) is 14.6. The Hall–Kier alpha value is -2.89. The molecule has 6 nitrogen and oxygen atoms in total. The van der Waals surface area contributed by atoms with Crippen molar-refractivity contribution in [1.82, 2.24) is 14.8 Å². The lowest BCUT2D eigenvalue weighted by Crippen LogP contribution is -2.33. The van der Waals surface area contributed by atoms with Crippen molar-refractivity contribution in [2.75, 3.05) is 17.2 Å². The summed E-state index contributed by atoms with van der Waals surface area (Å²) < 4.78 is 2.93. The van der Waals surface area contributed by atoms with Crippen molar-refractivity contribution >= 4 is 39.3 Å². The molecule has 1 amide bonds. The number of benzene rings is 2. The zero-order valence-corrected chi connectivity index (χ0v) is 18.6. The van der Waals surface area contributed by atoms with Gasteiger partial charge in [0, 0.05) is 28.8 Å². The van der Waals surface area contributed by atoms with E-state index in [2.05, 4.69) is 38.8 Å². The Balaban J connectivity index is 1.78. The van der Waals surface area contributed by atoms with Gasteiger partial charge in [0.1, 0.15) is 0 Å². The fraction of sp³-hybridized carbons (Fsp3) is 0.182. The third kappa shape index (κ3) is 5.38. The average Bonchev–Trinajstić information content (AvgIpc) is 3.16. The van der Waals surface area contributed by atoms with Crippen LogP contribution in [0.2, 0.25) is 0 Å². The van der Waals surface area contributed by atoms with Crippen molar-refractivity contribution in [3.8, 4) is 17.5 Å². The molecule has 8 heteroatoms. The number of aromatic nitrogens is 3. The van der Waals surface area contributed by atoms with Gasteiger partial charge in [0.25, 0.3) is 0 Å². The van der Waals surface area contributed by atoms with Crippen LogP contribution in [-0.4, -0.2) is 33.0 Å². The number of thioether (sulfide) groups is 1. The number of rotatable bonds is 9. The lowest BCUT2D eigenvalue weighted by atomic mass is 10.2. The van der Waals surface area contributed by atoms with E-state index in [0.29, 0.717) is 18.2 Å². The number of carbonyl (C=O) groups excluding carboxylic acids is 1. The second kappa shape index (κ2) is 10.8. The van der Waals surface area contributed by atoms with Crippen LogP contribution in [0.5, 0.6) is 0 Å². The molecule has 2 aromatic carbocycles. The standard InChI is InChI=1S/C22H20BrN5OS/c1-2-14-28-21(17-9-11-18(23)12-10-17)25-26-22(28)30-16-20(29)27(15-6-13-24)19-7-4-3-5-8-19/h2-5,7-12H,1,6,14-16H2. The summed E-state index contributed by atoms with van der Waals surface area (Å²) in [5.74, 6) is 0.831. The highest BCUT2D eigenvalue weighted by atomic mass is 79.9. The maximum atomic E-state index is 12.9. The smallest absolute Gasteiger partial charge is 0.237 e. The molecule has 0 radical (unpaired) electrons. The Morgan fingerprint density at radius 2 is 1.93 bits per heavy atom. The molecule has 0 aliphatic heterocycles. The number of amides is 1. The zero-order valence-electron chi connectivity index (χ0n) is 16.2. The molecule has 0 saturated carbocycles. The number of para-hydroxylation sites is 1. The molecule has 152 valence electrons. The molecule has 1 heterocycles. The number of carbonyl (C=O) groups is 1. The van der Waals surface area contributed by atoms with Gasteiger partial charge in [0.2, 0.25) is 5.91 Å². The third-order valence-electron chi connectivity index (χ3n) is 4.27. The molecule has 0 aliphatic carbocycles. The van der Waals surface area contributed by atoms with Gasteiger partial charge in [0.15, 0.2) is 11.0 Å². The molecular formula is C22H20BrN5OS. The van der Waals surface area contributed by atoms with E-state index >= 15 is 0 Å². The summed E-state index contributed by atoms with van der Waals surface area (Å²) in [7, 11) is 0. The molecule has 1 aromatic heterocycles. The maximum absolute atomic E-state index is 12.9. The molecule has 0 fully saturated rings. The molecule has 0 spiro atoms. The highest BCUT2D eigenvalue weighted by Crippen LogP contribution is 2.26. The van der Waals surface area contributed by atoms with Gasteiger partial charge in [0.05, 0.1) is 18.2 Å². The van der Waals surface area contributed by atoms with Crippen molar-refractivity contribution in [3.05, 3.63) is 71.7 Å². The van der Waals surface area contributed by atoms with E-state index in [0.717, 1.165) is 21.5 Å². The molecule has 0 atom stereocenters. The number of halogens is 1. The fourth-order valence-corrected chi connectivity index (χ4v) is 3.96. The van der Waals surface area contributed by atoms with Crippen LogP contribution in [-0.2, 0) is 11.3 Å². The van der Waals surface area contributed by atoms with Crippen LogP contribution in [0.25, 0.3) is 11.4 Å². The second-order valence-corrected chi connectivity index (χ2v) is 8.15. The minimum absolute atomic E-state index is 0.0835. The topological polar surface area (TPSA) is 74.8 Å². The summed E-state index contributed by atoms with van der Waals surface area (Å²) in [6.07, 6.45) is 2.05. The number of anilines is 1. The quantitative estimate of drug-likeness (QED) is 0.319. The minimum Gasteiger partial charge on any atom is -0.311 e. The minimum atomic E-state index is -0.0835. The number of nitriles is 1. The summed E-state index contributed by atoms with van der Waals surface area (Å²) in [5.41, 5.74) is 1.71. The van der Waals surface area contributed by atoms with Crippen molar-refractivity contribution in [2.45, 2.75) is 18.1 Å². The van der Waals surface area contributed by atoms with Crippen molar-refractivity contribution < 1.29 is 4.79 Å². The fourth-order valence-electron chi connectivity index (χ4n) is 2.87. The highest BCUT2D eigenvalue weighted by molar-refractivity contribution is 9.10. The van der Waals surface area contributed by atoms with E-state index in [1.807, 2.05) is 59.2 Å². The number of allylic oxidation sites excluding steroid dienone is 1. The SMILES string of the molecule is C=CCn1c(SCC(=O)N(CCC#N)c2ccccc2)nnc1-c1ccc(Br)cc1. The Bertz CT molecular complexity index is 1040. The number of nitrogens with zero attached hydrogens (tertiary/aromatic N) is 5. The Kier molecular flexibility index (Phi) is 7.82. The molecule has 0 saturated heterocycles. The Morgan fingerprint density at radius 1 is 1.20 bits per heavy atom. The van der Waals surface area contributed by atoms with Gasteiger partial charge in [-0.25, -0.2) is 0 Å². The summed E-state index contributed by atoms with van der Waals surface area (Å²) in [6, 6.07) is 19.3. The first-order valence-corrected chi connectivity index (χ1v) is 11.1. The number of hydrogen-bond acceptors (Lipinski definition) is 5. The Morgan fingerprint density at radius 3 is 2.60 bits per heavy atom. The van der Waals surface area contributed by atoms with Crippen molar-refractivity contribution in [2.24, 2.45) is 0 Å². The first-order chi connectivity index (χ1) is 14.6. The molecule has 3 rings (SSSR count). The summed E-state index contributed by atoms with van der Waals surface area (Å²) in [6.45, 7) is 4.71. The van der Waals surface area contributed by atoms with E-state index in [1.54, 1.807) is 11.0 Å². The van der Waals surface area contributed by atoms with Gasteiger partial charge in [-0.3, -0.25) is 9.36 Å². The van der Waals surface area contributed by atoms with Crippen LogP contribution < -0.4 is 4.90 Å². The lowest BCUT2D eigenvalue weighted by Gasteiger charge is -2.21. The van der Waals surface area contributed by atoms with Crippen LogP contribution in [0.3, 0.4) is 0 Å². The maximum Gasteiger partial charge on any atom is 0.237 e. The molecule has 0 aliphatic rings. The van der Waals surface area contributed by atoms with Crippen LogP contribution in [0.15, 0.2) is 76.9 Å². The molecule has 0 N–H and O–H groups in total. The molecule has 0 bridgehead atoms. The second-order valence-electron chi connectivity index (χ2n) is 6.29. The van der Waals surface area contributed by atoms with Crippen molar-refractivity contribution in [1.29, 1.82) is 5.26 Å². The number of hydrogen-bond donors (Lipinski definition) is 0. The monoisotopic (exact) mass is 481 g/mol. The van der Waals surface area contributed by atoms with E-state index in [1.165, 1.54) is 11.8 Å². The van der Waals surface area contributed by atoms with E-state index in [9.17, 15) is 4.79 Å². The van der Waals surface area contributed by atoms with Crippen molar-refractivity contribution in [3.63, 3.8) is 0 Å². The predicted octanol–water partition coefficient (Wildman–Crippen LogP) is 4.93. The first-order valence-electron chi connectivity index (χ1n) is 9.29. The van der Waals surface area contributed by atoms with Gasteiger partial charge in [-0.2, -0.15) is 5.26 Å². The van der Waals surface area contributed by atoms with Crippen LogP contribution in [0.4, 0.5) is 5.69 Å². The normalized spacial score (nSPS) is 10.4. The van der Waals surface area contributed by atoms with E-state index < -0.39 is 0 Å². The van der Waals surface area contributed by atoms with Crippen LogP contribution >= 0.6 is 27.7 Å². The van der Waals surface area contributed by atoms with Gasteiger partial charge in [-0.1, -0.05) is 64.1 Å². The third-order valence-corrected chi connectivity index (χ3v) is 5.75. The van der Waals surface area contributed by atoms with Gasteiger partial charge < -0.3 is 4.90 Å². The van der Waals surface area contributed by atoms with Crippen LogP contribution in [0.1, 0.15) is 6.42 Å². The van der Waals surface area contributed by atoms with Crippen LogP contribution in [0, 0.1) is 11.3 Å². The van der Waals surface area contributed by atoms with Gasteiger partial charge in [-0.05, 0) is 24.3 Å². The van der Waals surface area contributed by atoms with E-state index in [4.69, 9.17) is 5.26 Å². The highest BCUT2D eigenvalue weighted by Gasteiger charge is 2.19. The molecule has 30 heavy (non-hydrogen) atoms. The zero-order chi connectivity index (χ0) is 21.3. The lowest BCUT2D eigenvalue weighted by molar-refractivity contribution is -0.116. The molecular weight excluding hydrogens is 462 g/mol. The average molecular weight is 482 g/mol. The Labute approximate surface area is 188 Å². The first kappa shape index (κ1) is 21.8. The predicted molar refractivity (Wildman–Crippen MR) is 123 cm³/mol. The van der Waals surface area contributed by atoms with Gasteiger partial charge in [-0.15, -0.1) is 16.8 Å². The van der Waals surface area contributed by atoms with E-state index in [-0.39, 0.29) is 18.1 Å². The molecule has 3 aromatic rings. The summed E-state index contributed by atoms with van der Waals surface area (Å²) in [5, 5.41) is 18.2. The largest absolute Gasteiger partial charge is 0.311 e. The van der Waals surface area contributed by atoms with Gasteiger partial charge >= 0.3 is 0 Å². The molecule has 0 unspecified atom stereocenters. The summed E-state index contributed by atoms with van der Waals surface area (Å²) >= 11 is 4.77.